The summed E-state index contributed by atoms with van der Waals surface area (Å²) in [5.74, 6) is 0.162. The summed E-state index contributed by atoms with van der Waals surface area (Å²) in [5.41, 5.74) is 2.36. The summed E-state index contributed by atoms with van der Waals surface area (Å²) >= 11 is 6.11. The smallest absolute Gasteiger partial charge is 0.350 e. The van der Waals surface area contributed by atoms with Crippen LogP contribution in [0.2, 0.25) is 5.02 Å². The molecule has 0 fully saturated rings. The highest BCUT2D eigenvalue weighted by Crippen LogP contribution is 2.17. The number of carbonyl (C=O) groups is 1. The van der Waals surface area contributed by atoms with Gasteiger partial charge in [-0.15, -0.1) is 5.10 Å². The van der Waals surface area contributed by atoms with E-state index in [1.54, 1.807) is 12.1 Å². The number of benzene rings is 2. The molecule has 0 radical (unpaired) electrons. The zero-order chi connectivity index (χ0) is 20.4. The van der Waals surface area contributed by atoms with Gasteiger partial charge in [-0.2, -0.15) is 0 Å². The number of hydrogen-bond acceptors (Lipinski definition) is 4. The number of rotatable bonds is 5. The van der Waals surface area contributed by atoms with Gasteiger partial charge in [0.1, 0.15) is 12.4 Å². The monoisotopic (exact) mass is 407 g/mol. The van der Waals surface area contributed by atoms with Crippen LogP contribution in [-0.4, -0.2) is 25.1 Å². The molecule has 29 heavy (non-hydrogen) atoms. The Morgan fingerprint density at radius 1 is 1.10 bits per heavy atom. The molecular weight excluding hydrogens is 390 g/mol. The fraction of sp³-hybridized carbons (Fsp3) is 0.143. The van der Waals surface area contributed by atoms with Gasteiger partial charge in [-0.25, -0.2) is 18.9 Å². The van der Waals surface area contributed by atoms with E-state index in [4.69, 9.17) is 11.6 Å². The normalized spacial score (nSPS) is 11.0. The first-order valence-corrected chi connectivity index (χ1v) is 9.43. The Bertz CT molecular complexity index is 1250. The summed E-state index contributed by atoms with van der Waals surface area (Å²) in [6, 6.07) is 18.4. The van der Waals surface area contributed by atoms with Crippen LogP contribution in [0, 0.1) is 6.92 Å². The fourth-order valence-corrected chi connectivity index (χ4v) is 3.27. The quantitative estimate of drug-likeness (QED) is 0.551. The first-order chi connectivity index (χ1) is 14.0. The van der Waals surface area contributed by atoms with E-state index in [2.05, 4.69) is 15.4 Å². The number of halogens is 1. The molecule has 2 aromatic carbocycles. The van der Waals surface area contributed by atoms with Crippen LogP contribution >= 0.6 is 11.6 Å². The van der Waals surface area contributed by atoms with E-state index in [-0.39, 0.29) is 19.0 Å². The molecule has 0 bridgehead atoms. The molecule has 0 aliphatic carbocycles. The highest BCUT2D eigenvalue weighted by Gasteiger charge is 2.16. The van der Waals surface area contributed by atoms with Gasteiger partial charge in [0.2, 0.25) is 5.91 Å². The Morgan fingerprint density at radius 2 is 1.83 bits per heavy atom. The number of nitrogens with zero attached hydrogens (tertiary/aromatic N) is 4. The van der Waals surface area contributed by atoms with Gasteiger partial charge in [0.25, 0.3) is 0 Å². The molecule has 4 aromatic rings. The van der Waals surface area contributed by atoms with E-state index in [0.29, 0.717) is 16.5 Å². The van der Waals surface area contributed by atoms with Crippen molar-refractivity contribution in [2.75, 3.05) is 0 Å². The van der Waals surface area contributed by atoms with E-state index < -0.39 is 5.69 Å². The SMILES string of the molecule is Cc1cc2nn(CC(=O)NCc3ccccc3Cl)c(=O)n2c(-c2ccccc2)n1. The minimum absolute atomic E-state index is 0.196. The Hall–Kier alpha value is -3.45. The molecule has 0 atom stereocenters. The predicted octanol–water partition coefficient (Wildman–Crippen LogP) is 2.84. The Kier molecular flexibility index (Phi) is 5.14. The highest BCUT2D eigenvalue weighted by atomic mass is 35.5. The molecule has 0 spiro atoms. The predicted molar refractivity (Wildman–Crippen MR) is 111 cm³/mol. The van der Waals surface area contributed by atoms with Gasteiger partial charge in [0.15, 0.2) is 5.65 Å². The Balaban J connectivity index is 1.62. The van der Waals surface area contributed by atoms with Gasteiger partial charge in [0.05, 0.1) is 0 Å². The molecule has 4 rings (SSSR count). The van der Waals surface area contributed by atoms with Gasteiger partial charge in [-0.1, -0.05) is 60.1 Å². The standard InChI is InChI=1S/C21H18ClN5O2/c1-14-11-18-25-26(13-19(28)23-12-16-9-5-6-10-17(16)22)21(29)27(18)20(24-14)15-7-3-2-4-8-15/h2-11H,12-13H2,1H3,(H,23,28). The number of nitrogens with one attached hydrogen (secondary N) is 1. The second-order valence-corrected chi connectivity index (χ2v) is 7.00. The summed E-state index contributed by atoms with van der Waals surface area (Å²) < 4.78 is 2.56. The second-order valence-electron chi connectivity index (χ2n) is 6.59. The number of hydrogen-bond donors (Lipinski definition) is 1. The lowest BCUT2D eigenvalue weighted by molar-refractivity contribution is -0.122. The lowest BCUT2D eigenvalue weighted by atomic mass is 10.2. The van der Waals surface area contributed by atoms with Crippen LogP contribution in [0.3, 0.4) is 0 Å². The third kappa shape index (κ3) is 3.90. The summed E-state index contributed by atoms with van der Waals surface area (Å²) in [6.45, 7) is 1.92. The second kappa shape index (κ2) is 7.89. The van der Waals surface area contributed by atoms with Gasteiger partial charge in [-0.3, -0.25) is 4.79 Å². The Morgan fingerprint density at radius 3 is 2.59 bits per heavy atom. The fourth-order valence-electron chi connectivity index (χ4n) is 3.06. The van der Waals surface area contributed by atoms with Crippen molar-refractivity contribution in [1.29, 1.82) is 0 Å². The number of carbonyl (C=O) groups excluding carboxylic acids is 1. The highest BCUT2D eigenvalue weighted by molar-refractivity contribution is 6.31. The van der Waals surface area contributed by atoms with Crippen LogP contribution in [0.4, 0.5) is 0 Å². The molecule has 8 heteroatoms. The van der Waals surface area contributed by atoms with Crippen molar-refractivity contribution >= 4 is 23.2 Å². The molecule has 146 valence electrons. The molecular formula is C21H18ClN5O2. The number of aryl methyl sites for hydroxylation is 1. The molecule has 0 saturated heterocycles. The zero-order valence-corrected chi connectivity index (χ0v) is 16.4. The van der Waals surface area contributed by atoms with Gasteiger partial charge < -0.3 is 5.32 Å². The van der Waals surface area contributed by atoms with E-state index >= 15 is 0 Å². The van der Waals surface area contributed by atoms with Crippen molar-refractivity contribution in [2.45, 2.75) is 20.0 Å². The zero-order valence-electron chi connectivity index (χ0n) is 15.7. The van der Waals surface area contributed by atoms with Crippen molar-refractivity contribution in [2.24, 2.45) is 0 Å². The van der Waals surface area contributed by atoms with Crippen LogP contribution in [-0.2, 0) is 17.9 Å². The third-order valence-electron chi connectivity index (χ3n) is 4.46. The Labute approximate surface area is 171 Å². The van der Waals surface area contributed by atoms with Crippen molar-refractivity contribution in [3.05, 3.63) is 87.4 Å². The molecule has 2 aromatic heterocycles. The molecule has 2 heterocycles. The number of fused-ring (bicyclic) bond motifs is 1. The van der Waals surface area contributed by atoms with Crippen molar-refractivity contribution < 1.29 is 4.79 Å². The van der Waals surface area contributed by atoms with E-state index in [1.165, 1.54) is 4.40 Å². The van der Waals surface area contributed by atoms with Crippen LogP contribution < -0.4 is 11.0 Å². The largest absolute Gasteiger partial charge is 0.352 e. The van der Waals surface area contributed by atoms with Crippen LogP contribution in [0.5, 0.6) is 0 Å². The van der Waals surface area contributed by atoms with Crippen molar-refractivity contribution in [1.82, 2.24) is 24.5 Å². The average molecular weight is 408 g/mol. The minimum atomic E-state index is -0.417. The maximum Gasteiger partial charge on any atom is 0.352 e. The van der Waals surface area contributed by atoms with Gasteiger partial charge in [-0.05, 0) is 18.6 Å². The van der Waals surface area contributed by atoms with Gasteiger partial charge in [0, 0.05) is 28.9 Å². The van der Waals surface area contributed by atoms with Crippen molar-refractivity contribution in [3.63, 3.8) is 0 Å². The first kappa shape index (κ1) is 18.9. The van der Waals surface area contributed by atoms with Crippen LogP contribution in [0.15, 0.2) is 65.5 Å². The summed E-state index contributed by atoms with van der Waals surface area (Å²) in [7, 11) is 0. The third-order valence-corrected chi connectivity index (χ3v) is 4.82. The lowest BCUT2D eigenvalue weighted by Crippen LogP contribution is -2.32. The average Bonchev–Trinajstić information content (AvgIpc) is 3.02. The molecule has 0 saturated carbocycles. The van der Waals surface area contributed by atoms with Crippen LogP contribution in [0.1, 0.15) is 11.3 Å². The van der Waals surface area contributed by atoms with E-state index in [9.17, 15) is 9.59 Å². The molecule has 7 nitrogen and oxygen atoms in total. The summed E-state index contributed by atoms with van der Waals surface area (Å²) in [4.78, 5) is 29.8. The van der Waals surface area contributed by atoms with E-state index in [0.717, 1.165) is 21.5 Å². The molecule has 0 aliphatic heterocycles. The number of amides is 1. The maximum atomic E-state index is 12.9. The lowest BCUT2D eigenvalue weighted by Gasteiger charge is -2.06. The van der Waals surface area contributed by atoms with Crippen molar-refractivity contribution in [3.8, 4) is 11.4 Å². The van der Waals surface area contributed by atoms with E-state index in [1.807, 2.05) is 55.5 Å². The molecule has 0 aliphatic rings. The summed E-state index contributed by atoms with van der Waals surface area (Å²) in [5, 5.41) is 7.66. The minimum Gasteiger partial charge on any atom is -0.350 e. The molecule has 1 amide bonds. The first-order valence-electron chi connectivity index (χ1n) is 9.05. The van der Waals surface area contributed by atoms with Gasteiger partial charge >= 0.3 is 5.69 Å². The van der Waals surface area contributed by atoms with Crippen LogP contribution in [0.25, 0.3) is 17.0 Å². The maximum absolute atomic E-state index is 12.9. The topological polar surface area (TPSA) is 81.3 Å². The summed E-state index contributed by atoms with van der Waals surface area (Å²) in [6.07, 6.45) is 0. The number of aromatic nitrogens is 4. The molecule has 1 N–H and O–H groups in total. The molecule has 0 unspecified atom stereocenters.